The third-order valence-electron chi connectivity index (χ3n) is 10.3. The van der Waals surface area contributed by atoms with Crippen LogP contribution in [0.4, 0.5) is 0 Å². The molecule has 0 unspecified atom stereocenters. The second kappa shape index (κ2) is 10.9. The van der Waals surface area contributed by atoms with Gasteiger partial charge in [0.05, 0.1) is 22.3 Å². The number of methoxy groups -OCH3 is 1. The van der Waals surface area contributed by atoms with E-state index >= 15 is 0 Å². The third-order valence-corrected chi connectivity index (χ3v) is 10.5. The number of halogens is 1. The van der Waals surface area contributed by atoms with E-state index in [-0.39, 0.29) is 11.3 Å². The fourth-order valence-electron chi connectivity index (χ4n) is 8.58. The molecule has 0 amide bonds. The number of nitrogens with zero attached hydrogens (tertiary/aromatic N) is 3. The summed E-state index contributed by atoms with van der Waals surface area (Å²) < 4.78 is 6.95. The van der Waals surface area contributed by atoms with Crippen LogP contribution >= 0.6 is 11.6 Å². The Morgan fingerprint density at radius 3 is 2.89 bits per heavy atom. The van der Waals surface area contributed by atoms with Gasteiger partial charge in [-0.05, 0) is 106 Å². The molecule has 3 fully saturated rings. The summed E-state index contributed by atoms with van der Waals surface area (Å²) in [5, 5.41) is 16.1. The fourth-order valence-corrected chi connectivity index (χ4v) is 8.73. The van der Waals surface area contributed by atoms with Crippen LogP contribution in [0.3, 0.4) is 0 Å². The zero-order valence-corrected chi connectivity index (χ0v) is 23.6. The molecule has 0 spiro atoms. The Hall–Kier alpha value is -1.50. The number of aromatic nitrogens is 3. The lowest BCUT2D eigenvalue weighted by atomic mass is 9.53. The highest BCUT2D eigenvalue weighted by atomic mass is 35.5. The highest BCUT2D eigenvalue weighted by molar-refractivity contribution is 6.31. The number of hydrogen-bond acceptors (Lipinski definition) is 5. The molecule has 3 saturated carbocycles. The van der Waals surface area contributed by atoms with E-state index < -0.39 is 5.60 Å². The van der Waals surface area contributed by atoms with E-state index in [0.717, 1.165) is 68.0 Å². The van der Waals surface area contributed by atoms with Gasteiger partial charge in [-0.3, -0.25) is 14.5 Å². The van der Waals surface area contributed by atoms with Crippen molar-refractivity contribution in [2.24, 2.45) is 35.0 Å². The smallest absolute Gasteiger partial charge is 0.157 e. The molecule has 0 aromatic carbocycles. The number of fused-ring (bicyclic) bond motifs is 4. The number of ether oxygens (including phenoxy) is 1. The number of pyridine rings is 1. The molecule has 3 aliphatic rings. The summed E-state index contributed by atoms with van der Waals surface area (Å²) in [4.78, 5) is 18.0. The van der Waals surface area contributed by atoms with Crippen molar-refractivity contribution in [3.63, 3.8) is 0 Å². The first-order valence-corrected chi connectivity index (χ1v) is 14.8. The van der Waals surface area contributed by atoms with Crippen LogP contribution in [0.25, 0.3) is 11.0 Å². The van der Waals surface area contributed by atoms with Gasteiger partial charge < -0.3 is 9.84 Å². The summed E-state index contributed by atoms with van der Waals surface area (Å²) in [5.41, 5.74) is 1.13. The average molecular weight is 530 g/mol. The molecule has 2 aromatic heterocycles. The van der Waals surface area contributed by atoms with Gasteiger partial charge in [0.2, 0.25) is 0 Å². The largest absolute Gasteiger partial charge is 0.390 e. The van der Waals surface area contributed by atoms with Crippen LogP contribution in [0.5, 0.6) is 0 Å². The van der Waals surface area contributed by atoms with Crippen molar-refractivity contribution in [2.45, 2.75) is 96.6 Å². The Bertz CT molecular complexity index is 1100. The highest BCUT2D eigenvalue weighted by Crippen LogP contribution is 2.62. The maximum atomic E-state index is 13.6. The summed E-state index contributed by atoms with van der Waals surface area (Å²) in [6.45, 7) is 5.51. The van der Waals surface area contributed by atoms with E-state index in [1.165, 1.54) is 32.1 Å². The summed E-state index contributed by atoms with van der Waals surface area (Å²) in [7, 11) is 1.74. The van der Waals surface area contributed by atoms with Gasteiger partial charge in [-0.15, -0.1) is 0 Å². The monoisotopic (exact) mass is 529 g/mol. The van der Waals surface area contributed by atoms with Gasteiger partial charge in [0.15, 0.2) is 5.78 Å². The number of hydrogen-bond donors (Lipinski definition) is 1. The lowest BCUT2D eigenvalue weighted by Gasteiger charge is -2.52. The highest BCUT2D eigenvalue weighted by Gasteiger charge is 2.56. The Labute approximate surface area is 226 Å². The Morgan fingerprint density at radius 2 is 2.08 bits per heavy atom. The van der Waals surface area contributed by atoms with Crippen LogP contribution < -0.4 is 0 Å². The van der Waals surface area contributed by atoms with E-state index in [0.29, 0.717) is 29.2 Å². The zero-order chi connectivity index (χ0) is 26.2. The van der Waals surface area contributed by atoms with Crippen molar-refractivity contribution in [1.29, 1.82) is 0 Å². The first-order chi connectivity index (χ1) is 17.7. The van der Waals surface area contributed by atoms with Gasteiger partial charge in [-0.25, -0.2) is 0 Å². The summed E-state index contributed by atoms with van der Waals surface area (Å²) in [5.74, 6) is 3.16. The fraction of sp³-hybridized carbons (Fsp3) is 0.767. The SMILES string of the molecule is COCCCC[C@@](C)(O)C[C@@H]1CC[C@@H]2[C@H](CC[C@]3(C)[C@@H](C(=O)Cn4ncc5ncc(Cl)cc54)CC[C@@H]23)C1. The Balaban J connectivity index is 1.20. The van der Waals surface area contributed by atoms with Crippen LogP contribution in [0.1, 0.15) is 84.5 Å². The van der Waals surface area contributed by atoms with Crippen molar-refractivity contribution < 1.29 is 14.6 Å². The molecule has 0 bridgehead atoms. The molecular formula is C30H44ClN3O3. The van der Waals surface area contributed by atoms with Gasteiger partial charge in [0.25, 0.3) is 0 Å². The second-order valence-electron chi connectivity index (χ2n) is 12.9. The van der Waals surface area contributed by atoms with Crippen LogP contribution in [0.15, 0.2) is 18.5 Å². The summed E-state index contributed by atoms with van der Waals surface area (Å²) in [6.07, 6.45) is 15.4. The topological polar surface area (TPSA) is 77.2 Å². The molecule has 204 valence electrons. The van der Waals surface area contributed by atoms with E-state index in [1.807, 2.05) is 13.0 Å². The normalized spacial score (nSPS) is 33.2. The number of rotatable bonds is 10. The minimum absolute atomic E-state index is 0.0940. The molecule has 37 heavy (non-hydrogen) atoms. The predicted molar refractivity (Wildman–Crippen MR) is 146 cm³/mol. The molecular weight excluding hydrogens is 486 g/mol. The molecule has 7 heteroatoms. The van der Waals surface area contributed by atoms with E-state index in [9.17, 15) is 9.90 Å². The predicted octanol–water partition coefficient (Wildman–Crippen LogP) is 6.47. The van der Waals surface area contributed by atoms with E-state index in [2.05, 4.69) is 17.0 Å². The van der Waals surface area contributed by atoms with Crippen LogP contribution in [0, 0.1) is 35.0 Å². The zero-order valence-electron chi connectivity index (χ0n) is 22.8. The number of carbonyl (C=O) groups is 1. The van der Waals surface area contributed by atoms with Gasteiger partial charge in [0.1, 0.15) is 12.1 Å². The number of unbranched alkanes of at least 4 members (excludes halogenated alkanes) is 1. The van der Waals surface area contributed by atoms with Crippen LogP contribution in [-0.4, -0.2) is 45.0 Å². The van der Waals surface area contributed by atoms with Crippen molar-refractivity contribution in [1.82, 2.24) is 14.8 Å². The molecule has 1 N–H and O–H groups in total. The van der Waals surface area contributed by atoms with Crippen LogP contribution in [-0.2, 0) is 16.1 Å². The first-order valence-electron chi connectivity index (χ1n) is 14.4. The molecule has 2 aromatic rings. The lowest BCUT2D eigenvalue weighted by Crippen LogP contribution is -2.46. The average Bonchev–Trinajstić information content (AvgIpc) is 3.42. The molecule has 7 atom stereocenters. The molecule has 0 aliphatic heterocycles. The van der Waals surface area contributed by atoms with Crippen molar-refractivity contribution >= 4 is 28.4 Å². The number of carbonyl (C=O) groups excluding carboxylic acids is 1. The maximum Gasteiger partial charge on any atom is 0.157 e. The van der Waals surface area contributed by atoms with Crippen LogP contribution in [0.2, 0.25) is 5.02 Å². The minimum Gasteiger partial charge on any atom is -0.390 e. The minimum atomic E-state index is -0.574. The third kappa shape index (κ3) is 5.62. The maximum absolute atomic E-state index is 13.6. The van der Waals surface area contributed by atoms with Gasteiger partial charge in [-0.2, -0.15) is 5.10 Å². The van der Waals surface area contributed by atoms with Crippen molar-refractivity contribution in [3.05, 3.63) is 23.5 Å². The molecule has 0 saturated heterocycles. The van der Waals surface area contributed by atoms with Gasteiger partial charge >= 0.3 is 0 Å². The number of ketones is 1. The first kappa shape index (κ1) is 27.1. The van der Waals surface area contributed by atoms with Gasteiger partial charge in [-0.1, -0.05) is 24.9 Å². The Morgan fingerprint density at radius 1 is 1.24 bits per heavy atom. The quantitative estimate of drug-likeness (QED) is 0.357. The number of Topliss-reactive ketones (excluding diaryl/α,β-unsaturated/α-hetero) is 1. The van der Waals surface area contributed by atoms with Crippen molar-refractivity contribution in [3.8, 4) is 0 Å². The Kier molecular flexibility index (Phi) is 8.00. The molecule has 3 aliphatic carbocycles. The summed E-state index contributed by atoms with van der Waals surface area (Å²) in [6, 6.07) is 1.85. The molecule has 5 rings (SSSR count). The van der Waals surface area contributed by atoms with Crippen molar-refractivity contribution in [2.75, 3.05) is 13.7 Å². The molecule has 6 nitrogen and oxygen atoms in total. The van der Waals surface area contributed by atoms with E-state index in [1.54, 1.807) is 24.2 Å². The van der Waals surface area contributed by atoms with E-state index in [4.69, 9.17) is 16.3 Å². The lowest BCUT2D eigenvalue weighted by molar-refractivity contribution is -0.129. The molecule has 0 radical (unpaired) electrons. The number of aliphatic hydroxyl groups is 1. The standard InChI is InChI=1S/C30H44ClN3O3/c1-29(36,11-4-5-13-37-3)16-20-6-7-23-21(14-20)10-12-30(2)24(23)8-9-25(30)28(35)19-34-27-15-22(31)17-32-26(27)18-33-34/h15,17-18,20-21,23-25,36H,4-14,16,19H2,1-3H3/t20-,21-,23-,24+,25-,29-,30+/m1/s1. The molecule has 2 heterocycles. The summed E-state index contributed by atoms with van der Waals surface area (Å²) >= 11 is 6.16. The second-order valence-corrected chi connectivity index (χ2v) is 13.3. The van der Waals surface area contributed by atoms with Gasteiger partial charge in [0, 0.05) is 25.8 Å².